The minimum Gasteiger partial charge on any atom is -0.507 e. The van der Waals surface area contributed by atoms with Crippen molar-refractivity contribution in [1.29, 1.82) is 0 Å². The molecule has 118 valence electrons. The molecule has 0 saturated heterocycles. The van der Waals surface area contributed by atoms with Crippen LogP contribution in [0.2, 0.25) is 0 Å². The van der Waals surface area contributed by atoms with Crippen LogP contribution in [0, 0.1) is 0 Å². The third-order valence-electron chi connectivity index (χ3n) is 2.17. The number of rotatable bonds is 6. The maximum Gasteiger partial charge on any atom is 0.153 e. The molecule has 21 heavy (non-hydrogen) atoms. The number of hydrogen-bond donors (Lipinski definition) is 1. The van der Waals surface area contributed by atoms with Gasteiger partial charge in [-0.15, -0.1) is 0 Å². The number of hydrogen-bond acceptors (Lipinski definition) is 2. The van der Waals surface area contributed by atoms with E-state index in [9.17, 15) is 9.90 Å². The first-order chi connectivity index (χ1) is 10.2. The van der Waals surface area contributed by atoms with Crippen molar-refractivity contribution in [3.63, 3.8) is 0 Å². The Labute approximate surface area is 130 Å². The summed E-state index contributed by atoms with van der Waals surface area (Å²) in [5.41, 5.74) is 1.42. The van der Waals surface area contributed by atoms with Crippen LogP contribution in [0.5, 0.6) is 0 Å². The lowest BCUT2D eigenvalue weighted by atomic mass is 10.0. The highest BCUT2D eigenvalue weighted by atomic mass is 16.3. The summed E-state index contributed by atoms with van der Waals surface area (Å²) in [6.45, 7) is 18.9. The van der Waals surface area contributed by atoms with Crippen LogP contribution in [-0.2, 0) is 4.79 Å². The molecular formula is C19H30O2. The predicted molar refractivity (Wildman–Crippen MR) is 95.5 cm³/mol. The zero-order valence-electron chi connectivity index (χ0n) is 14.3. The number of aliphatic hydroxyl groups is 1. The second-order valence-corrected chi connectivity index (χ2v) is 3.18. The topological polar surface area (TPSA) is 37.3 Å². The molecule has 0 heterocycles. The van der Waals surface area contributed by atoms with Crippen LogP contribution in [-0.4, -0.2) is 11.4 Å². The lowest BCUT2D eigenvalue weighted by Crippen LogP contribution is -1.96. The molecule has 0 aromatic heterocycles. The van der Waals surface area contributed by atoms with E-state index in [-0.39, 0.29) is 11.3 Å². The molecule has 0 atom stereocenters. The molecule has 0 saturated carbocycles. The summed E-state index contributed by atoms with van der Waals surface area (Å²) in [6.07, 6.45) is 10.7. The van der Waals surface area contributed by atoms with Crippen LogP contribution in [0.3, 0.4) is 0 Å². The Kier molecular flexibility index (Phi) is 20.4. The summed E-state index contributed by atoms with van der Waals surface area (Å²) < 4.78 is 0. The Morgan fingerprint density at radius 2 is 1.48 bits per heavy atom. The fourth-order valence-electron chi connectivity index (χ4n) is 1.23. The van der Waals surface area contributed by atoms with Gasteiger partial charge in [-0.3, -0.25) is 4.79 Å². The number of carbonyl (C=O) groups excluding carboxylic acids is 1. The van der Waals surface area contributed by atoms with Crippen LogP contribution in [0.1, 0.15) is 41.5 Å². The molecule has 2 nitrogen and oxygen atoms in total. The normalized spacial score (nSPS) is 12.3. The third-order valence-corrected chi connectivity index (χ3v) is 2.17. The van der Waals surface area contributed by atoms with Crippen LogP contribution in [0.25, 0.3) is 0 Å². The molecule has 0 unspecified atom stereocenters. The number of carbonyl (C=O) groups is 1. The molecule has 0 aromatic carbocycles. The zero-order valence-corrected chi connectivity index (χ0v) is 14.3. The monoisotopic (exact) mass is 290 g/mol. The molecule has 1 N–H and O–H groups in total. The van der Waals surface area contributed by atoms with Gasteiger partial charge in [0.25, 0.3) is 0 Å². The number of aldehydes is 1. The van der Waals surface area contributed by atoms with Crippen molar-refractivity contribution in [3.8, 4) is 0 Å². The lowest BCUT2D eigenvalue weighted by molar-refractivity contribution is -0.104. The van der Waals surface area contributed by atoms with E-state index in [1.54, 1.807) is 25.2 Å². The third kappa shape index (κ3) is 9.44. The highest BCUT2D eigenvalue weighted by molar-refractivity contribution is 5.80. The molecule has 0 aliphatic rings. The highest BCUT2D eigenvalue weighted by Crippen LogP contribution is 2.20. The van der Waals surface area contributed by atoms with Gasteiger partial charge in [0.1, 0.15) is 5.76 Å². The molecule has 0 radical (unpaired) electrons. The minimum absolute atomic E-state index is 0.0897. The molecule has 0 rings (SSSR count). The van der Waals surface area contributed by atoms with E-state index in [0.717, 1.165) is 0 Å². The Hall–Kier alpha value is -2.09. The second-order valence-electron chi connectivity index (χ2n) is 3.18. The van der Waals surface area contributed by atoms with Crippen molar-refractivity contribution in [1.82, 2.24) is 0 Å². The quantitative estimate of drug-likeness (QED) is 0.287. The fraction of sp³-hybridized carbons (Fsp3) is 0.316. The largest absolute Gasteiger partial charge is 0.507 e. The van der Waals surface area contributed by atoms with Crippen molar-refractivity contribution in [2.75, 3.05) is 0 Å². The van der Waals surface area contributed by atoms with E-state index in [2.05, 4.69) is 13.2 Å². The van der Waals surface area contributed by atoms with E-state index in [1.165, 1.54) is 6.08 Å². The molecule has 0 aliphatic heterocycles. The van der Waals surface area contributed by atoms with Crippen molar-refractivity contribution < 1.29 is 9.90 Å². The van der Waals surface area contributed by atoms with Crippen molar-refractivity contribution in [2.45, 2.75) is 41.5 Å². The van der Waals surface area contributed by atoms with E-state index >= 15 is 0 Å². The number of aliphatic hydroxyl groups excluding tert-OH is 1. The summed E-state index contributed by atoms with van der Waals surface area (Å²) in [6, 6.07) is 0. The van der Waals surface area contributed by atoms with E-state index in [4.69, 9.17) is 0 Å². The molecule has 0 aliphatic carbocycles. The summed E-state index contributed by atoms with van der Waals surface area (Å²) in [5, 5.41) is 9.97. The zero-order chi connectivity index (χ0) is 17.3. The van der Waals surface area contributed by atoms with E-state index in [0.29, 0.717) is 17.4 Å². The fourth-order valence-corrected chi connectivity index (χ4v) is 1.23. The maximum absolute atomic E-state index is 10.8. The van der Waals surface area contributed by atoms with Gasteiger partial charge in [0.15, 0.2) is 6.29 Å². The summed E-state index contributed by atoms with van der Waals surface area (Å²) in [7, 11) is 0. The smallest absolute Gasteiger partial charge is 0.153 e. The first kappa shape index (κ1) is 24.0. The molecule has 0 spiro atoms. The first-order valence-electron chi connectivity index (χ1n) is 7.29. The molecule has 0 fully saturated rings. The molecular weight excluding hydrogens is 260 g/mol. The van der Waals surface area contributed by atoms with Gasteiger partial charge in [0.05, 0.1) is 5.57 Å². The van der Waals surface area contributed by atoms with Crippen LogP contribution >= 0.6 is 0 Å². The molecule has 0 aromatic rings. The Morgan fingerprint density at radius 1 is 0.952 bits per heavy atom. The van der Waals surface area contributed by atoms with Crippen molar-refractivity contribution in [2.24, 2.45) is 0 Å². The lowest BCUT2D eigenvalue weighted by Gasteiger charge is -2.07. The SMILES string of the molecule is C=CC(=C(O)\C(C=O)=C/C)/C(C=C)=C/C=C\C.CC.CC. The van der Waals surface area contributed by atoms with Gasteiger partial charge in [-0.2, -0.15) is 0 Å². The maximum atomic E-state index is 10.8. The standard InChI is InChI=1S/C15H18O2.2C2H6/c1-5-9-10-12(6-2)14(8-4)15(17)13(7-3)11-16;2*1-2/h5-11,17H,2,4H2,1,3H3;2*1-2H3/b9-5-,12-10+,13-7-,15-14-;;. The Balaban J connectivity index is -0.000000739. The van der Waals surface area contributed by atoms with E-state index < -0.39 is 0 Å². The number of allylic oxidation sites excluding steroid dienone is 9. The van der Waals surface area contributed by atoms with Gasteiger partial charge >= 0.3 is 0 Å². The van der Waals surface area contributed by atoms with Gasteiger partial charge < -0.3 is 5.11 Å². The first-order valence-corrected chi connectivity index (χ1v) is 7.29. The van der Waals surface area contributed by atoms with Gasteiger partial charge in [-0.05, 0) is 19.4 Å². The predicted octanol–water partition coefficient (Wildman–Crippen LogP) is 5.87. The van der Waals surface area contributed by atoms with Crippen LogP contribution in [0.15, 0.2) is 72.1 Å². The van der Waals surface area contributed by atoms with Gasteiger partial charge in [0, 0.05) is 5.57 Å². The summed E-state index contributed by atoms with van der Waals surface area (Å²) >= 11 is 0. The Morgan fingerprint density at radius 3 is 1.76 bits per heavy atom. The Bertz CT molecular complexity index is 419. The second kappa shape index (κ2) is 17.9. The molecule has 0 bridgehead atoms. The van der Waals surface area contributed by atoms with Crippen LogP contribution in [0.4, 0.5) is 0 Å². The molecule has 0 amide bonds. The summed E-state index contributed by atoms with van der Waals surface area (Å²) in [4.78, 5) is 10.8. The van der Waals surface area contributed by atoms with Gasteiger partial charge in [0.2, 0.25) is 0 Å². The van der Waals surface area contributed by atoms with Crippen LogP contribution < -0.4 is 0 Å². The van der Waals surface area contributed by atoms with E-state index in [1.807, 2.05) is 46.8 Å². The minimum atomic E-state index is -0.0897. The average Bonchev–Trinajstić information content (AvgIpc) is 2.56. The molecule has 2 heteroatoms. The average molecular weight is 290 g/mol. The van der Waals surface area contributed by atoms with Gasteiger partial charge in [-0.1, -0.05) is 77.3 Å². The van der Waals surface area contributed by atoms with Gasteiger partial charge in [-0.25, -0.2) is 0 Å². The van der Waals surface area contributed by atoms with Crippen molar-refractivity contribution in [3.05, 3.63) is 72.1 Å². The highest BCUT2D eigenvalue weighted by Gasteiger charge is 2.09. The summed E-state index contributed by atoms with van der Waals surface area (Å²) in [5.74, 6) is -0.0897. The van der Waals surface area contributed by atoms with Crippen molar-refractivity contribution >= 4 is 6.29 Å².